The summed E-state index contributed by atoms with van der Waals surface area (Å²) in [7, 11) is 5.46. The SMILES string of the molecule is COCCN(C)[C@H]1CC[C@H](C2(C)Oc3c(-c4ccc(OC)nc4)cc(C(=O)NCc4c(SC)cc(C)[nH]c4=O)c(C)c3O2)CC1. The molecule has 1 atom stereocenters. The minimum Gasteiger partial charge on any atom is -0.481 e. The molecule has 1 amide bonds. The van der Waals surface area contributed by atoms with E-state index in [2.05, 4.69) is 27.2 Å². The molecular formula is C34H44N4O6S. The summed E-state index contributed by atoms with van der Waals surface area (Å²) in [5.41, 5.74) is 3.72. The molecule has 242 valence electrons. The van der Waals surface area contributed by atoms with Crippen molar-refractivity contribution in [3.8, 4) is 28.5 Å². The first-order valence-electron chi connectivity index (χ1n) is 15.4. The molecule has 1 aromatic carbocycles. The summed E-state index contributed by atoms with van der Waals surface area (Å²) in [6.07, 6.45) is 7.63. The summed E-state index contributed by atoms with van der Waals surface area (Å²) in [4.78, 5) is 36.9. The highest BCUT2D eigenvalue weighted by Crippen LogP contribution is 2.53. The first-order chi connectivity index (χ1) is 21.6. The molecule has 3 aromatic rings. The fraction of sp³-hybridized carbons (Fsp3) is 0.500. The van der Waals surface area contributed by atoms with Crippen molar-refractivity contribution in [1.29, 1.82) is 0 Å². The third-order valence-corrected chi connectivity index (χ3v) is 9.98. The summed E-state index contributed by atoms with van der Waals surface area (Å²) in [6, 6.07) is 7.92. The minimum absolute atomic E-state index is 0.0950. The van der Waals surface area contributed by atoms with Gasteiger partial charge in [-0.05, 0) is 71.0 Å². The third kappa shape index (κ3) is 6.85. The number of aromatic amines is 1. The lowest BCUT2D eigenvalue weighted by Gasteiger charge is -2.39. The normalized spacial score (nSPS) is 20.8. The Labute approximate surface area is 269 Å². The average Bonchev–Trinajstić information content (AvgIpc) is 3.42. The number of carbonyl (C=O) groups excluding carboxylic acids is 1. The second-order valence-corrected chi connectivity index (χ2v) is 12.9. The number of pyridine rings is 2. The van der Waals surface area contributed by atoms with E-state index in [9.17, 15) is 9.59 Å². The number of benzene rings is 1. The molecule has 2 aliphatic rings. The molecule has 0 bridgehead atoms. The van der Waals surface area contributed by atoms with Gasteiger partial charge >= 0.3 is 0 Å². The number of thioether (sulfide) groups is 1. The standard InChI is InChI=1S/C34H44N4O6S/c1-20-16-28(45-7)27(33(40)37-20)19-36-32(39)25-17-26(22-8-13-29(42-6)35-18-22)31-30(21(25)2)43-34(3,44-31)23-9-11-24(12-10-23)38(4)14-15-41-5/h8,13,16-18,23-24H,9-12,14-15,19H2,1-7H3,(H,36,39)(H,37,40)/t23-,24-,34?. The molecule has 1 aliphatic heterocycles. The van der Waals surface area contributed by atoms with Crippen LogP contribution in [0.3, 0.4) is 0 Å². The van der Waals surface area contributed by atoms with Crippen LogP contribution in [0.15, 0.2) is 40.2 Å². The fourth-order valence-corrected chi connectivity index (χ4v) is 7.13. The quantitative estimate of drug-likeness (QED) is 0.269. The number of nitrogens with zero attached hydrogens (tertiary/aromatic N) is 2. The number of carbonyl (C=O) groups is 1. The van der Waals surface area contributed by atoms with Gasteiger partial charge in [-0.2, -0.15) is 0 Å². The molecule has 3 heterocycles. The number of ether oxygens (including phenoxy) is 4. The predicted molar refractivity (Wildman–Crippen MR) is 176 cm³/mol. The number of amides is 1. The Bertz CT molecular complexity index is 1580. The predicted octanol–water partition coefficient (Wildman–Crippen LogP) is 5.34. The number of aromatic nitrogens is 2. The average molecular weight is 637 g/mol. The second-order valence-electron chi connectivity index (χ2n) is 12.1. The summed E-state index contributed by atoms with van der Waals surface area (Å²) in [5.74, 6) is 0.652. The largest absolute Gasteiger partial charge is 0.481 e. The molecule has 0 spiro atoms. The van der Waals surface area contributed by atoms with Crippen LogP contribution in [0.2, 0.25) is 0 Å². The highest BCUT2D eigenvalue weighted by atomic mass is 32.2. The van der Waals surface area contributed by atoms with Crippen LogP contribution in [0.1, 0.15) is 59.8 Å². The number of aryl methyl sites for hydroxylation is 1. The lowest BCUT2D eigenvalue weighted by atomic mass is 9.81. The minimum atomic E-state index is -0.880. The molecular weight excluding hydrogens is 592 g/mol. The first kappa shape index (κ1) is 32.8. The Morgan fingerprint density at radius 3 is 2.53 bits per heavy atom. The van der Waals surface area contributed by atoms with Gasteiger partial charge in [-0.1, -0.05) is 0 Å². The van der Waals surface area contributed by atoms with E-state index in [1.165, 1.54) is 11.8 Å². The topological polar surface area (TPSA) is 115 Å². The highest BCUT2D eigenvalue weighted by Gasteiger charge is 2.48. The van der Waals surface area contributed by atoms with Crippen LogP contribution in [0.25, 0.3) is 11.1 Å². The lowest BCUT2D eigenvalue weighted by Crippen LogP contribution is -2.47. The van der Waals surface area contributed by atoms with Crippen molar-refractivity contribution in [2.75, 3.05) is 40.7 Å². The van der Waals surface area contributed by atoms with Crippen molar-refractivity contribution >= 4 is 17.7 Å². The zero-order valence-electron chi connectivity index (χ0n) is 27.2. The van der Waals surface area contributed by atoms with Crippen molar-refractivity contribution in [3.05, 3.63) is 63.2 Å². The maximum absolute atomic E-state index is 13.8. The van der Waals surface area contributed by atoms with Crippen LogP contribution in [-0.4, -0.2) is 73.3 Å². The number of hydrogen-bond acceptors (Lipinski definition) is 9. The van der Waals surface area contributed by atoms with Gasteiger partial charge in [0.25, 0.3) is 17.3 Å². The number of rotatable bonds is 11. The first-order valence-corrected chi connectivity index (χ1v) is 16.6. The smallest absolute Gasteiger partial charge is 0.254 e. The number of likely N-dealkylation sites (N-methyl/N-ethyl adjacent to an activating group) is 1. The summed E-state index contributed by atoms with van der Waals surface area (Å²) >= 11 is 1.48. The monoisotopic (exact) mass is 636 g/mol. The van der Waals surface area contributed by atoms with E-state index >= 15 is 0 Å². The van der Waals surface area contributed by atoms with Crippen molar-refractivity contribution in [3.63, 3.8) is 0 Å². The maximum atomic E-state index is 13.8. The number of H-pyrrole nitrogens is 1. The molecule has 2 aromatic heterocycles. The van der Waals surface area contributed by atoms with Crippen LogP contribution >= 0.6 is 11.8 Å². The van der Waals surface area contributed by atoms with Crippen LogP contribution in [0.4, 0.5) is 0 Å². The van der Waals surface area contributed by atoms with Crippen LogP contribution < -0.4 is 25.1 Å². The van der Waals surface area contributed by atoms with E-state index in [0.29, 0.717) is 52.3 Å². The van der Waals surface area contributed by atoms with E-state index < -0.39 is 5.79 Å². The van der Waals surface area contributed by atoms with Gasteiger partial charge in [-0.15, -0.1) is 11.8 Å². The Kier molecular flexibility index (Phi) is 10.1. The number of methoxy groups -OCH3 is 2. The van der Waals surface area contributed by atoms with E-state index in [0.717, 1.165) is 48.4 Å². The van der Waals surface area contributed by atoms with E-state index in [1.807, 2.05) is 45.2 Å². The molecule has 0 radical (unpaired) electrons. The summed E-state index contributed by atoms with van der Waals surface area (Å²) < 4.78 is 24.0. The second kappa shape index (κ2) is 13.8. The molecule has 2 N–H and O–H groups in total. The van der Waals surface area contributed by atoms with Gasteiger partial charge in [-0.25, -0.2) is 4.98 Å². The lowest BCUT2D eigenvalue weighted by molar-refractivity contribution is -0.123. The molecule has 11 heteroatoms. The zero-order chi connectivity index (χ0) is 32.3. The number of nitrogens with one attached hydrogen (secondary N) is 2. The van der Waals surface area contributed by atoms with Crippen molar-refractivity contribution < 1.29 is 23.7 Å². The zero-order valence-corrected chi connectivity index (χ0v) is 28.1. The Balaban J connectivity index is 1.44. The van der Waals surface area contributed by atoms with Gasteiger partial charge in [0, 0.05) is 89.8 Å². The third-order valence-electron chi connectivity index (χ3n) is 9.18. The molecule has 1 aliphatic carbocycles. The van der Waals surface area contributed by atoms with Gasteiger partial charge in [0.15, 0.2) is 11.5 Å². The molecule has 5 rings (SSSR count). The summed E-state index contributed by atoms with van der Waals surface area (Å²) in [5, 5.41) is 2.98. The van der Waals surface area contributed by atoms with E-state index in [1.54, 1.807) is 26.5 Å². The Morgan fingerprint density at radius 2 is 1.89 bits per heavy atom. The maximum Gasteiger partial charge on any atom is 0.254 e. The van der Waals surface area contributed by atoms with Crippen molar-refractivity contribution in [2.45, 2.75) is 69.7 Å². The van der Waals surface area contributed by atoms with Gasteiger partial charge in [0.1, 0.15) is 0 Å². The van der Waals surface area contributed by atoms with Gasteiger partial charge in [-0.3, -0.25) is 9.59 Å². The molecule has 1 unspecified atom stereocenters. The van der Waals surface area contributed by atoms with Crippen LogP contribution in [0, 0.1) is 19.8 Å². The molecule has 1 fully saturated rings. The Morgan fingerprint density at radius 1 is 1.16 bits per heavy atom. The summed E-state index contributed by atoms with van der Waals surface area (Å²) in [6.45, 7) is 7.45. The van der Waals surface area contributed by atoms with Crippen LogP contribution in [0.5, 0.6) is 17.4 Å². The van der Waals surface area contributed by atoms with Crippen molar-refractivity contribution in [2.24, 2.45) is 5.92 Å². The fourth-order valence-electron chi connectivity index (χ4n) is 6.42. The van der Waals surface area contributed by atoms with Crippen LogP contribution in [-0.2, 0) is 11.3 Å². The number of hydrogen-bond donors (Lipinski definition) is 2. The Hall–Kier alpha value is -3.54. The highest BCUT2D eigenvalue weighted by molar-refractivity contribution is 7.98. The van der Waals surface area contributed by atoms with Gasteiger partial charge in [0.05, 0.1) is 13.7 Å². The number of fused-ring (bicyclic) bond motifs is 1. The van der Waals surface area contributed by atoms with E-state index in [4.69, 9.17) is 18.9 Å². The molecule has 0 saturated heterocycles. The van der Waals surface area contributed by atoms with Crippen molar-refractivity contribution in [1.82, 2.24) is 20.2 Å². The van der Waals surface area contributed by atoms with Gasteiger partial charge in [0.2, 0.25) is 5.88 Å². The van der Waals surface area contributed by atoms with Gasteiger partial charge < -0.3 is 34.1 Å². The van der Waals surface area contributed by atoms with E-state index in [-0.39, 0.29) is 23.9 Å². The molecule has 45 heavy (non-hydrogen) atoms. The molecule has 10 nitrogen and oxygen atoms in total. The molecule has 1 saturated carbocycles.